The quantitative estimate of drug-likeness (QED) is 0.819. The molecule has 7 heteroatoms. The van der Waals surface area contributed by atoms with E-state index in [1.807, 2.05) is 30.3 Å². The van der Waals surface area contributed by atoms with Crippen LogP contribution >= 0.6 is 0 Å². The van der Waals surface area contributed by atoms with Crippen LogP contribution in [0, 0.1) is 0 Å². The molecule has 2 aromatic rings. The van der Waals surface area contributed by atoms with Crippen LogP contribution in [0.1, 0.15) is 25.7 Å². The number of rotatable bonds is 7. The van der Waals surface area contributed by atoms with Crippen LogP contribution < -0.4 is 19.5 Å². The molecule has 0 unspecified atom stereocenters. The summed E-state index contributed by atoms with van der Waals surface area (Å²) in [5.41, 5.74) is 0. The van der Waals surface area contributed by atoms with E-state index in [0.29, 0.717) is 17.5 Å². The normalized spacial score (nSPS) is 19.4. The SMILES string of the molecule is COc1cncc(OC2CCC(NC(=O)COc3ccccc3)CC2)n1. The Bertz CT molecular complexity index is 703. The number of aromatic nitrogens is 2. The number of hydrogen-bond acceptors (Lipinski definition) is 6. The summed E-state index contributed by atoms with van der Waals surface area (Å²) in [7, 11) is 1.54. The molecule has 1 aliphatic rings. The van der Waals surface area contributed by atoms with Gasteiger partial charge in [0.15, 0.2) is 6.61 Å². The van der Waals surface area contributed by atoms with Gasteiger partial charge in [0, 0.05) is 6.04 Å². The molecule has 1 N–H and O–H groups in total. The second-order valence-corrected chi connectivity index (χ2v) is 6.16. The third kappa shape index (κ3) is 5.34. The zero-order valence-corrected chi connectivity index (χ0v) is 14.8. The van der Waals surface area contributed by atoms with Gasteiger partial charge >= 0.3 is 0 Å². The van der Waals surface area contributed by atoms with Gasteiger partial charge in [-0.1, -0.05) is 18.2 Å². The van der Waals surface area contributed by atoms with Gasteiger partial charge in [-0.15, -0.1) is 0 Å². The lowest BCUT2D eigenvalue weighted by Crippen LogP contribution is -2.41. The zero-order valence-electron chi connectivity index (χ0n) is 14.8. The summed E-state index contributed by atoms with van der Waals surface area (Å²) in [5, 5.41) is 3.02. The van der Waals surface area contributed by atoms with E-state index in [9.17, 15) is 4.79 Å². The van der Waals surface area contributed by atoms with E-state index in [1.165, 1.54) is 6.20 Å². The molecular weight excluding hydrogens is 334 g/mol. The number of methoxy groups -OCH3 is 1. The lowest BCUT2D eigenvalue weighted by molar-refractivity contribution is -0.124. The highest BCUT2D eigenvalue weighted by Crippen LogP contribution is 2.23. The molecule has 0 atom stereocenters. The standard InChI is InChI=1S/C19H23N3O4/c1-24-18-11-20-12-19(22-18)26-16-9-7-14(8-10-16)21-17(23)13-25-15-5-3-2-4-6-15/h2-6,11-12,14,16H,7-10,13H2,1H3,(H,21,23). The lowest BCUT2D eigenvalue weighted by atomic mass is 9.93. The summed E-state index contributed by atoms with van der Waals surface area (Å²) in [6.45, 7) is 0.0276. The van der Waals surface area contributed by atoms with Gasteiger partial charge in [-0.25, -0.2) is 0 Å². The van der Waals surface area contributed by atoms with Crippen molar-refractivity contribution in [3.63, 3.8) is 0 Å². The van der Waals surface area contributed by atoms with Crippen molar-refractivity contribution in [3.05, 3.63) is 42.7 Å². The summed E-state index contributed by atoms with van der Waals surface area (Å²) in [6.07, 6.45) is 6.62. The minimum atomic E-state index is -0.100. The van der Waals surface area contributed by atoms with Crippen LogP contribution in [0.3, 0.4) is 0 Å². The minimum Gasteiger partial charge on any atom is -0.484 e. The molecule has 0 bridgehead atoms. The Morgan fingerprint density at radius 1 is 1.12 bits per heavy atom. The number of carbonyl (C=O) groups is 1. The number of benzene rings is 1. The largest absolute Gasteiger partial charge is 0.484 e. The topological polar surface area (TPSA) is 82.6 Å². The first-order valence-corrected chi connectivity index (χ1v) is 8.73. The highest BCUT2D eigenvalue weighted by Gasteiger charge is 2.24. The Balaban J connectivity index is 1.38. The van der Waals surface area contributed by atoms with Gasteiger partial charge in [-0.3, -0.25) is 9.78 Å². The van der Waals surface area contributed by atoms with Crippen LogP contribution in [-0.4, -0.2) is 41.7 Å². The first-order valence-electron chi connectivity index (χ1n) is 8.73. The monoisotopic (exact) mass is 357 g/mol. The van der Waals surface area contributed by atoms with Crippen molar-refractivity contribution in [1.29, 1.82) is 0 Å². The van der Waals surface area contributed by atoms with Gasteiger partial charge in [0.25, 0.3) is 5.91 Å². The fourth-order valence-electron chi connectivity index (χ4n) is 2.92. The molecule has 1 aliphatic carbocycles. The lowest BCUT2D eigenvalue weighted by Gasteiger charge is -2.29. The van der Waals surface area contributed by atoms with Crippen LogP contribution in [0.2, 0.25) is 0 Å². The molecular formula is C19H23N3O4. The van der Waals surface area contributed by atoms with Crippen LogP contribution in [-0.2, 0) is 4.79 Å². The Hall–Kier alpha value is -2.83. The predicted octanol–water partition coefficient (Wildman–Crippen LogP) is 2.37. The molecule has 1 saturated carbocycles. The van der Waals surface area contributed by atoms with Gasteiger partial charge in [0.2, 0.25) is 11.8 Å². The van der Waals surface area contributed by atoms with Crippen molar-refractivity contribution in [2.45, 2.75) is 37.8 Å². The van der Waals surface area contributed by atoms with Crippen LogP contribution in [0.4, 0.5) is 0 Å². The summed E-state index contributed by atoms with van der Waals surface area (Å²) in [4.78, 5) is 20.3. The fraction of sp³-hybridized carbons (Fsp3) is 0.421. The van der Waals surface area contributed by atoms with E-state index in [4.69, 9.17) is 14.2 Å². The van der Waals surface area contributed by atoms with Crippen LogP contribution in [0.5, 0.6) is 17.5 Å². The predicted molar refractivity (Wildman–Crippen MR) is 95.3 cm³/mol. The van der Waals surface area contributed by atoms with E-state index < -0.39 is 0 Å². The molecule has 1 aromatic heterocycles. The van der Waals surface area contributed by atoms with Gasteiger partial charge in [0.05, 0.1) is 19.5 Å². The number of hydrogen-bond donors (Lipinski definition) is 1. The highest BCUT2D eigenvalue weighted by atomic mass is 16.5. The van der Waals surface area contributed by atoms with Crippen molar-refractivity contribution in [2.75, 3.05) is 13.7 Å². The minimum absolute atomic E-state index is 0.0276. The smallest absolute Gasteiger partial charge is 0.258 e. The molecule has 0 aliphatic heterocycles. The summed E-state index contributed by atoms with van der Waals surface area (Å²) < 4.78 is 16.4. The molecule has 1 aromatic carbocycles. The number of ether oxygens (including phenoxy) is 3. The average molecular weight is 357 g/mol. The van der Waals surface area contributed by atoms with Crippen molar-refractivity contribution in [2.24, 2.45) is 0 Å². The molecule has 0 radical (unpaired) electrons. The van der Waals surface area contributed by atoms with Crippen molar-refractivity contribution < 1.29 is 19.0 Å². The molecule has 7 nitrogen and oxygen atoms in total. The number of amides is 1. The Morgan fingerprint density at radius 3 is 2.58 bits per heavy atom. The Kier molecular flexibility index (Phi) is 6.24. The first-order chi connectivity index (χ1) is 12.7. The van der Waals surface area contributed by atoms with Gasteiger partial charge in [-0.2, -0.15) is 4.98 Å². The highest BCUT2D eigenvalue weighted by molar-refractivity contribution is 5.77. The van der Waals surface area contributed by atoms with Crippen molar-refractivity contribution in [3.8, 4) is 17.5 Å². The van der Waals surface area contributed by atoms with E-state index >= 15 is 0 Å². The maximum atomic E-state index is 12.0. The third-order valence-electron chi connectivity index (χ3n) is 4.24. The van der Waals surface area contributed by atoms with Crippen molar-refractivity contribution in [1.82, 2.24) is 15.3 Å². The maximum Gasteiger partial charge on any atom is 0.258 e. The molecule has 1 heterocycles. The Morgan fingerprint density at radius 2 is 1.85 bits per heavy atom. The molecule has 1 fully saturated rings. The molecule has 0 spiro atoms. The summed E-state index contributed by atoms with van der Waals surface area (Å²) >= 11 is 0. The molecule has 3 rings (SSSR count). The fourth-order valence-corrected chi connectivity index (χ4v) is 2.92. The molecule has 138 valence electrons. The van der Waals surface area contributed by atoms with Crippen molar-refractivity contribution >= 4 is 5.91 Å². The third-order valence-corrected chi connectivity index (χ3v) is 4.24. The van der Waals surface area contributed by atoms with Gasteiger partial charge in [-0.05, 0) is 37.8 Å². The van der Waals surface area contributed by atoms with E-state index in [2.05, 4.69) is 15.3 Å². The van der Waals surface area contributed by atoms with E-state index in [1.54, 1.807) is 13.3 Å². The van der Waals surface area contributed by atoms with Gasteiger partial charge < -0.3 is 19.5 Å². The number of nitrogens with one attached hydrogen (secondary N) is 1. The number of para-hydroxylation sites is 1. The number of carbonyl (C=O) groups excluding carboxylic acids is 1. The van der Waals surface area contributed by atoms with E-state index in [-0.39, 0.29) is 24.7 Å². The first kappa shape index (κ1) is 18.0. The average Bonchev–Trinajstić information content (AvgIpc) is 2.69. The van der Waals surface area contributed by atoms with E-state index in [0.717, 1.165) is 25.7 Å². The summed E-state index contributed by atoms with van der Waals surface area (Å²) in [5.74, 6) is 1.49. The molecule has 0 saturated heterocycles. The molecule has 1 amide bonds. The second kappa shape index (κ2) is 9.03. The zero-order chi connectivity index (χ0) is 18.2. The Labute approximate surface area is 152 Å². The number of nitrogens with zero attached hydrogens (tertiary/aromatic N) is 2. The van der Waals surface area contributed by atoms with Gasteiger partial charge in [0.1, 0.15) is 11.9 Å². The maximum absolute atomic E-state index is 12.0. The van der Waals surface area contributed by atoms with Crippen LogP contribution in [0.15, 0.2) is 42.7 Å². The summed E-state index contributed by atoms with van der Waals surface area (Å²) in [6, 6.07) is 9.47. The molecule has 26 heavy (non-hydrogen) atoms. The second-order valence-electron chi connectivity index (χ2n) is 6.16. The van der Waals surface area contributed by atoms with Crippen LogP contribution in [0.25, 0.3) is 0 Å².